The molecule has 0 aliphatic carbocycles. The van der Waals surface area contributed by atoms with Crippen LogP contribution in [0.4, 0.5) is 5.82 Å². The number of hydrogen-bond donors (Lipinski definition) is 1. The summed E-state index contributed by atoms with van der Waals surface area (Å²) in [5.41, 5.74) is 0.506. The number of nitrogens with one attached hydrogen (secondary N) is 1. The molecule has 5 rings (SSSR count). The number of halogens is 1. The maximum absolute atomic E-state index is 11.6. The Morgan fingerprint density at radius 3 is 2.65 bits per heavy atom. The minimum Gasteiger partial charge on any atom is -0.362 e. The number of nitrogens with zero attached hydrogens (tertiary/aromatic N) is 2. The molecule has 23 heavy (non-hydrogen) atoms. The highest BCUT2D eigenvalue weighted by Gasteiger charge is 2.34. The zero-order chi connectivity index (χ0) is 15.3. The van der Waals surface area contributed by atoms with Crippen LogP contribution in [-0.4, -0.2) is 50.4 Å². The molecule has 3 saturated heterocycles. The maximum atomic E-state index is 11.6. The third-order valence-corrected chi connectivity index (χ3v) is 5.96. The molecule has 0 saturated carbocycles. The Hall–Kier alpha value is -1.31. The fraction of sp³-hybridized carbons (Fsp3) is 0.533. The standard InChI is InChI=1S/C15H19N3O3S.ClH/c1-22(19,20)11-2-3-12-14(8-11)21-17-15(12)16-13-9-18-6-4-10(13)5-7-18;/h2-3,8,10,13H,4-7,9H2,1H3,(H,16,17);1H/t13-;/m0./s1. The van der Waals surface area contributed by atoms with Gasteiger partial charge in [-0.3, -0.25) is 0 Å². The highest BCUT2D eigenvalue weighted by Crippen LogP contribution is 2.32. The summed E-state index contributed by atoms with van der Waals surface area (Å²) in [4.78, 5) is 2.73. The molecule has 3 aliphatic heterocycles. The number of anilines is 1. The third-order valence-electron chi connectivity index (χ3n) is 4.85. The second kappa shape index (κ2) is 5.96. The third kappa shape index (κ3) is 3.05. The normalized spacial score (nSPS) is 26.9. The Morgan fingerprint density at radius 1 is 1.30 bits per heavy atom. The molecule has 3 fully saturated rings. The van der Waals surface area contributed by atoms with Gasteiger partial charge in [-0.1, -0.05) is 5.16 Å². The van der Waals surface area contributed by atoms with Crippen molar-refractivity contribution < 1.29 is 12.9 Å². The van der Waals surface area contributed by atoms with Crippen LogP contribution in [0, 0.1) is 5.92 Å². The second-order valence-corrected chi connectivity index (χ2v) is 8.37. The van der Waals surface area contributed by atoms with Gasteiger partial charge in [0, 0.05) is 24.9 Å². The van der Waals surface area contributed by atoms with Gasteiger partial charge in [-0.05, 0) is 44.0 Å². The molecular weight excluding hydrogens is 338 g/mol. The van der Waals surface area contributed by atoms with Gasteiger partial charge < -0.3 is 14.7 Å². The van der Waals surface area contributed by atoms with Crippen LogP contribution < -0.4 is 5.32 Å². The van der Waals surface area contributed by atoms with Crippen LogP contribution in [0.25, 0.3) is 11.0 Å². The summed E-state index contributed by atoms with van der Waals surface area (Å²) in [6.45, 7) is 3.43. The van der Waals surface area contributed by atoms with E-state index >= 15 is 0 Å². The number of rotatable bonds is 3. The molecule has 8 heteroatoms. The van der Waals surface area contributed by atoms with Crippen molar-refractivity contribution >= 4 is 39.0 Å². The van der Waals surface area contributed by atoms with Crippen LogP contribution in [0.15, 0.2) is 27.6 Å². The van der Waals surface area contributed by atoms with E-state index in [1.807, 2.05) is 0 Å². The Bertz CT molecular complexity index is 812. The number of sulfone groups is 1. The van der Waals surface area contributed by atoms with Crippen LogP contribution in [0.3, 0.4) is 0 Å². The Morgan fingerprint density at radius 2 is 2.04 bits per heavy atom. The first kappa shape index (κ1) is 16.5. The van der Waals surface area contributed by atoms with Crippen LogP contribution in [0.1, 0.15) is 12.8 Å². The molecule has 2 aromatic rings. The van der Waals surface area contributed by atoms with Gasteiger partial charge >= 0.3 is 0 Å². The zero-order valence-electron chi connectivity index (χ0n) is 12.9. The minimum atomic E-state index is -3.23. The van der Waals surface area contributed by atoms with Gasteiger partial charge in [0.25, 0.3) is 0 Å². The molecule has 1 atom stereocenters. The van der Waals surface area contributed by atoms with Gasteiger partial charge in [0.15, 0.2) is 21.2 Å². The van der Waals surface area contributed by atoms with E-state index in [-0.39, 0.29) is 17.3 Å². The molecule has 1 aromatic carbocycles. The summed E-state index contributed by atoms with van der Waals surface area (Å²) in [7, 11) is -3.23. The van der Waals surface area contributed by atoms with E-state index in [9.17, 15) is 8.42 Å². The summed E-state index contributed by atoms with van der Waals surface area (Å²) in [5.74, 6) is 1.40. The van der Waals surface area contributed by atoms with Gasteiger partial charge in [0.1, 0.15) is 0 Å². The Labute approximate surface area is 141 Å². The number of fused-ring (bicyclic) bond motifs is 4. The summed E-state index contributed by atoms with van der Waals surface area (Å²) >= 11 is 0. The van der Waals surface area contributed by atoms with E-state index in [4.69, 9.17) is 4.52 Å². The molecule has 0 radical (unpaired) electrons. The molecule has 6 nitrogen and oxygen atoms in total. The molecule has 0 spiro atoms. The zero-order valence-corrected chi connectivity index (χ0v) is 14.5. The minimum absolute atomic E-state index is 0. The van der Waals surface area contributed by atoms with Gasteiger partial charge in [0.2, 0.25) is 0 Å². The summed E-state index contributed by atoms with van der Waals surface area (Å²) in [5, 5.41) is 8.43. The average molecular weight is 358 g/mol. The first-order valence-electron chi connectivity index (χ1n) is 7.59. The predicted octanol–water partition coefficient (Wildman–Crippen LogP) is 2.16. The van der Waals surface area contributed by atoms with E-state index in [1.54, 1.807) is 18.2 Å². The van der Waals surface area contributed by atoms with Crippen molar-refractivity contribution in [3.05, 3.63) is 18.2 Å². The highest BCUT2D eigenvalue weighted by molar-refractivity contribution is 7.90. The molecule has 3 aliphatic rings. The Balaban J connectivity index is 0.00000156. The lowest BCUT2D eigenvalue weighted by molar-refractivity contribution is 0.0973. The lowest BCUT2D eigenvalue weighted by Crippen LogP contribution is -2.53. The molecule has 1 aromatic heterocycles. The van der Waals surface area contributed by atoms with E-state index in [0.29, 0.717) is 23.4 Å². The van der Waals surface area contributed by atoms with Crippen molar-refractivity contribution in [2.24, 2.45) is 5.92 Å². The van der Waals surface area contributed by atoms with E-state index in [0.717, 1.165) is 11.9 Å². The van der Waals surface area contributed by atoms with Gasteiger partial charge in [-0.25, -0.2) is 8.42 Å². The molecule has 2 bridgehead atoms. The quantitative estimate of drug-likeness (QED) is 0.907. The van der Waals surface area contributed by atoms with Crippen LogP contribution >= 0.6 is 12.4 Å². The number of piperidine rings is 3. The van der Waals surface area contributed by atoms with Crippen molar-refractivity contribution in [1.82, 2.24) is 10.1 Å². The molecule has 0 unspecified atom stereocenters. The molecule has 0 amide bonds. The van der Waals surface area contributed by atoms with Crippen molar-refractivity contribution in [3.8, 4) is 0 Å². The van der Waals surface area contributed by atoms with E-state index in [1.165, 1.54) is 32.2 Å². The summed E-state index contributed by atoms with van der Waals surface area (Å²) in [6.07, 6.45) is 3.65. The molecule has 126 valence electrons. The second-order valence-electron chi connectivity index (χ2n) is 6.35. The van der Waals surface area contributed by atoms with Crippen molar-refractivity contribution in [1.29, 1.82) is 0 Å². The van der Waals surface area contributed by atoms with Gasteiger partial charge in [-0.2, -0.15) is 0 Å². The fourth-order valence-electron chi connectivity index (χ4n) is 3.56. The van der Waals surface area contributed by atoms with Crippen LogP contribution in [-0.2, 0) is 9.84 Å². The molecule has 1 N–H and O–H groups in total. The van der Waals surface area contributed by atoms with Crippen molar-refractivity contribution in [2.75, 3.05) is 31.2 Å². The van der Waals surface area contributed by atoms with E-state index < -0.39 is 9.84 Å². The van der Waals surface area contributed by atoms with Crippen molar-refractivity contribution in [2.45, 2.75) is 23.8 Å². The lowest BCUT2D eigenvalue weighted by Gasteiger charge is -2.44. The number of benzene rings is 1. The Kier molecular flexibility index (Phi) is 4.29. The number of hydrogen-bond acceptors (Lipinski definition) is 6. The SMILES string of the molecule is CS(=O)(=O)c1ccc2c(N[C@H]3CN4CCC3CC4)noc2c1.Cl. The topological polar surface area (TPSA) is 75.4 Å². The van der Waals surface area contributed by atoms with Crippen LogP contribution in [0.5, 0.6) is 0 Å². The summed E-state index contributed by atoms with van der Waals surface area (Å²) in [6, 6.07) is 5.31. The smallest absolute Gasteiger partial charge is 0.177 e. The van der Waals surface area contributed by atoms with Crippen LogP contribution in [0.2, 0.25) is 0 Å². The van der Waals surface area contributed by atoms with E-state index in [2.05, 4.69) is 15.4 Å². The largest absolute Gasteiger partial charge is 0.362 e. The maximum Gasteiger partial charge on any atom is 0.177 e. The number of aromatic nitrogens is 1. The first-order chi connectivity index (χ1) is 10.5. The van der Waals surface area contributed by atoms with Crippen molar-refractivity contribution in [3.63, 3.8) is 0 Å². The summed E-state index contributed by atoms with van der Waals surface area (Å²) < 4.78 is 28.5. The highest BCUT2D eigenvalue weighted by atomic mass is 35.5. The predicted molar refractivity (Wildman–Crippen MR) is 90.9 cm³/mol. The van der Waals surface area contributed by atoms with Gasteiger partial charge in [0.05, 0.1) is 10.3 Å². The first-order valence-corrected chi connectivity index (χ1v) is 9.48. The monoisotopic (exact) mass is 357 g/mol. The average Bonchev–Trinajstić information content (AvgIpc) is 2.90. The molecular formula is C15H20ClN3O3S. The fourth-order valence-corrected chi connectivity index (χ4v) is 4.19. The van der Waals surface area contributed by atoms with Gasteiger partial charge in [-0.15, -0.1) is 12.4 Å². The lowest BCUT2D eigenvalue weighted by atomic mass is 9.84. The molecule has 4 heterocycles.